The maximum atomic E-state index is 10.8. The van der Waals surface area contributed by atoms with E-state index in [-0.39, 0.29) is 10.7 Å². The van der Waals surface area contributed by atoms with Crippen molar-refractivity contribution in [2.75, 3.05) is 0 Å². The minimum absolute atomic E-state index is 0.289. The molecule has 0 spiro atoms. The van der Waals surface area contributed by atoms with E-state index in [0.29, 0.717) is 6.42 Å². The van der Waals surface area contributed by atoms with Gasteiger partial charge in [-0.25, -0.2) is 0 Å². The summed E-state index contributed by atoms with van der Waals surface area (Å²) < 4.78 is 1.05. The number of amides is 1. The fourth-order valence-electron chi connectivity index (χ4n) is 1.18. The zero-order valence-corrected chi connectivity index (χ0v) is 10.9. The van der Waals surface area contributed by atoms with Gasteiger partial charge in [-0.05, 0) is 36.6 Å². The number of benzene rings is 1. The molecule has 14 heavy (non-hydrogen) atoms. The van der Waals surface area contributed by atoms with Gasteiger partial charge >= 0.3 is 0 Å². The molecule has 0 heterocycles. The zero-order chi connectivity index (χ0) is 10.7. The molecular weight excluding hydrogens is 310 g/mol. The van der Waals surface area contributed by atoms with Crippen LogP contribution in [0.25, 0.3) is 0 Å². The fourth-order valence-corrected chi connectivity index (χ4v) is 2.01. The second-order valence-corrected chi connectivity index (χ2v) is 5.17. The molecule has 0 aliphatic heterocycles. The van der Waals surface area contributed by atoms with Crippen molar-refractivity contribution in [3.05, 3.63) is 33.8 Å². The molecule has 1 amide bonds. The molecule has 0 saturated heterocycles. The van der Waals surface area contributed by atoms with Crippen LogP contribution < -0.4 is 5.73 Å². The highest BCUT2D eigenvalue weighted by Crippen LogP contribution is 2.18. The third-order valence-electron chi connectivity index (χ3n) is 2.01. The summed E-state index contributed by atoms with van der Waals surface area (Å²) in [5.74, 6) is -0.327. The van der Waals surface area contributed by atoms with Crippen molar-refractivity contribution in [3.63, 3.8) is 0 Å². The summed E-state index contributed by atoms with van der Waals surface area (Å²) in [5.41, 5.74) is 7.46. The van der Waals surface area contributed by atoms with Crippen LogP contribution in [0.3, 0.4) is 0 Å². The Hall–Kier alpha value is -0.350. The number of carbonyl (C=O) groups is 1. The molecule has 0 radical (unpaired) electrons. The minimum Gasteiger partial charge on any atom is -0.369 e. The van der Waals surface area contributed by atoms with Crippen LogP contribution in [-0.2, 0) is 11.2 Å². The number of nitrogens with two attached hydrogens (primary N) is 1. The highest BCUT2D eigenvalue weighted by molar-refractivity contribution is 9.10. The first kappa shape index (κ1) is 11.7. The zero-order valence-electron chi connectivity index (χ0n) is 7.76. The van der Waals surface area contributed by atoms with Crippen molar-refractivity contribution >= 4 is 37.8 Å². The first-order valence-corrected chi connectivity index (χ1v) is 5.90. The molecule has 0 aliphatic carbocycles. The molecule has 1 atom stereocenters. The minimum atomic E-state index is -0.327. The van der Waals surface area contributed by atoms with Gasteiger partial charge in [0.25, 0.3) is 0 Å². The molecule has 0 aliphatic rings. The van der Waals surface area contributed by atoms with Gasteiger partial charge in [0.1, 0.15) is 0 Å². The summed E-state index contributed by atoms with van der Waals surface area (Å²) in [7, 11) is 0. The van der Waals surface area contributed by atoms with Crippen molar-refractivity contribution < 1.29 is 4.79 Å². The van der Waals surface area contributed by atoms with E-state index in [1.54, 1.807) is 0 Å². The van der Waals surface area contributed by atoms with Gasteiger partial charge in [0.05, 0.1) is 4.83 Å². The van der Waals surface area contributed by atoms with Crippen LogP contribution in [0, 0.1) is 6.92 Å². The van der Waals surface area contributed by atoms with Gasteiger partial charge in [0.15, 0.2) is 0 Å². The Morgan fingerprint density at radius 1 is 1.57 bits per heavy atom. The first-order chi connectivity index (χ1) is 6.50. The summed E-state index contributed by atoms with van der Waals surface area (Å²) >= 11 is 6.63. The molecule has 76 valence electrons. The Morgan fingerprint density at radius 3 is 2.71 bits per heavy atom. The van der Waals surface area contributed by atoms with Crippen LogP contribution in [0.1, 0.15) is 11.1 Å². The number of primary amides is 1. The molecule has 4 heteroatoms. The van der Waals surface area contributed by atoms with Gasteiger partial charge in [-0.2, -0.15) is 0 Å². The molecule has 1 aromatic carbocycles. The van der Waals surface area contributed by atoms with Gasteiger partial charge in [0.2, 0.25) is 5.91 Å². The monoisotopic (exact) mass is 319 g/mol. The van der Waals surface area contributed by atoms with E-state index in [4.69, 9.17) is 5.73 Å². The molecule has 2 N–H and O–H groups in total. The number of carbonyl (C=O) groups excluding carboxylic acids is 1. The van der Waals surface area contributed by atoms with Crippen LogP contribution in [0.15, 0.2) is 22.7 Å². The maximum absolute atomic E-state index is 10.8. The first-order valence-electron chi connectivity index (χ1n) is 4.19. The highest BCUT2D eigenvalue weighted by Gasteiger charge is 2.12. The highest BCUT2D eigenvalue weighted by atomic mass is 79.9. The average molecular weight is 321 g/mol. The average Bonchev–Trinajstić information content (AvgIpc) is 2.09. The molecule has 0 saturated carbocycles. The molecule has 0 fully saturated rings. The summed E-state index contributed by atoms with van der Waals surface area (Å²) in [4.78, 5) is 10.6. The van der Waals surface area contributed by atoms with E-state index in [9.17, 15) is 4.79 Å². The van der Waals surface area contributed by atoms with E-state index in [2.05, 4.69) is 31.9 Å². The van der Waals surface area contributed by atoms with Gasteiger partial charge < -0.3 is 5.73 Å². The standard InChI is InChI=1S/C10H11Br2NO/c1-6-4-8(11)3-2-7(6)5-9(12)10(13)14/h2-4,9H,5H2,1H3,(H2,13,14). The third-order valence-corrected chi connectivity index (χ3v) is 3.28. The Bertz CT molecular complexity index is 352. The Labute approximate surface area is 100 Å². The van der Waals surface area contributed by atoms with Crippen LogP contribution >= 0.6 is 31.9 Å². The second kappa shape index (κ2) is 4.94. The van der Waals surface area contributed by atoms with Crippen molar-refractivity contribution in [1.29, 1.82) is 0 Å². The molecule has 1 aromatic rings. The summed E-state index contributed by atoms with van der Waals surface area (Å²) in [6, 6.07) is 5.98. The normalized spacial score (nSPS) is 12.5. The van der Waals surface area contributed by atoms with Gasteiger partial charge in [-0.15, -0.1) is 0 Å². The van der Waals surface area contributed by atoms with Crippen LogP contribution in [0.4, 0.5) is 0 Å². The predicted octanol–water partition coefficient (Wildman–Crippen LogP) is 2.55. The maximum Gasteiger partial charge on any atom is 0.231 e. The second-order valence-electron chi connectivity index (χ2n) is 3.14. The number of hydrogen-bond donors (Lipinski definition) is 1. The van der Waals surface area contributed by atoms with E-state index < -0.39 is 0 Å². The Morgan fingerprint density at radius 2 is 2.21 bits per heavy atom. The SMILES string of the molecule is Cc1cc(Br)ccc1CC(Br)C(N)=O. The fraction of sp³-hybridized carbons (Fsp3) is 0.300. The lowest BCUT2D eigenvalue weighted by Crippen LogP contribution is -2.25. The van der Waals surface area contributed by atoms with Gasteiger partial charge in [0, 0.05) is 4.47 Å². The molecule has 1 rings (SSSR count). The summed E-state index contributed by atoms with van der Waals surface area (Å²) in [6.07, 6.45) is 0.633. The van der Waals surface area contributed by atoms with Crippen molar-refractivity contribution in [2.45, 2.75) is 18.2 Å². The lowest BCUT2D eigenvalue weighted by Gasteiger charge is -2.08. The van der Waals surface area contributed by atoms with Crippen molar-refractivity contribution in [3.8, 4) is 0 Å². The van der Waals surface area contributed by atoms with Crippen LogP contribution in [0.5, 0.6) is 0 Å². The Balaban J connectivity index is 2.82. The van der Waals surface area contributed by atoms with Crippen molar-refractivity contribution in [2.24, 2.45) is 5.73 Å². The predicted molar refractivity (Wildman–Crippen MR) is 64.5 cm³/mol. The van der Waals surface area contributed by atoms with E-state index in [1.807, 2.05) is 25.1 Å². The Kier molecular flexibility index (Phi) is 4.13. The van der Waals surface area contributed by atoms with Crippen LogP contribution in [0.2, 0.25) is 0 Å². The molecular formula is C10H11Br2NO. The van der Waals surface area contributed by atoms with Gasteiger partial charge in [-0.1, -0.05) is 37.9 Å². The number of rotatable bonds is 3. The third kappa shape index (κ3) is 3.10. The van der Waals surface area contributed by atoms with Gasteiger partial charge in [-0.3, -0.25) is 4.79 Å². The molecule has 1 unspecified atom stereocenters. The van der Waals surface area contributed by atoms with E-state index >= 15 is 0 Å². The van der Waals surface area contributed by atoms with Crippen molar-refractivity contribution in [1.82, 2.24) is 0 Å². The quantitative estimate of drug-likeness (QED) is 0.855. The summed E-state index contributed by atoms with van der Waals surface area (Å²) in [6.45, 7) is 2.01. The lowest BCUT2D eigenvalue weighted by molar-refractivity contribution is -0.117. The number of hydrogen-bond acceptors (Lipinski definition) is 1. The number of alkyl halides is 1. The van der Waals surface area contributed by atoms with Crippen LogP contribution in [-0.4, -0.2) is 10.7 Å². The number of halogens is 2. The largest absolute Gasteiger partial charge is 0.369 e. The van der Waals surface area contributed by atoms with E-state index in [0.717, 1.165) is 15.6 Å². The molecule has 0 bridgehead atoms. The number of aryl methyl sites for hydroxylation is 1. The topological polar surface area (TPSA) is 43.1 Å². The smallest absolute Gasteiger partial charge is 0.231 e. The van der Waals surface area contributed by atoms with E-state index in [1.165, 1.54) is 0 Å². The molecule has 0 aromatic heterocycles. The molecule has 2 nitrogen and oxygen atoms in total. The summed E-state index contributed by atoms with van der Waals surface area (Å²) in [5, 5.41) is 0. The lowest BCUT2D eigenvalue weighted by atomic mass is 10.0.